The highest BCUT2D eigenvalue weighted by molar-refractivity contribution is 7.80. The molecular formula is C18H30NO2S. The molecular weight excluding hydrogens is 294 g/mol. The molecule has 1 aliphatic heterocycles. The van der Waals surface area contributed by atoms with Gasteiger partial charge >= 0.3 is 0 Å². The Labute approximate surface area is 140 Å². The van der Waals surface area contributed by atoms with Crippen LogP contribution in [0.5, 0.6) is 0 Å². The van der Waals surface area contributed by atoms with E-state index in [9.17, 15) is 9.59 Å². The Morgan fingerprint density at radius 1 is 0.636 bits per heavy atom. The first-order chi connectivity index (χ1) is 10.8. The molecule has 2 amide bonds. The fourth-order valence-electron chi connectivity index (χ4n) is 2.79. The molecule has 0 saturated carbocycles. The third-order valence-electron chi connectivity index (χ3n) is 4.18. The largest absolute Gasteiger partial charge is 0.275 e. The first-order valence-electron chi connectivity index (χ1n) is 8.87. The third kappa shape index (κ3) is 8.62. The van der Waals surface area contributed by atoms with Crippen LogP contribution in [0.4, 0.5) is 0 Å². The van der Waals surface area contributed by atoms with E-state index in [0.717, 1.165) is 18.6 Å². The molecule has 0 atom stereocenters. The van der Waals surface area contributed by atoms with Gasteiger partial charge in [-0.2, -0.15) is 0 Å². The summed E-state index contributed by atoms with van der Waals surface area (Å²) in [6.07, 6.45) is 17.8. The molecule has 1 rings (SSSR count). The van der Waals surface area contributed by atoms with Gasteiger partial charge in [-0.15, -0.1) is 0 Å². The Morgan fingerprint density at radius 3 is 1.41 bits per heavy atom. The van der Waals surface area contributed by atoms with Crippen LogP contribution in [0.2, 0.25) is 0 Å². The standard InChI is InChI=1S/C18H30NO2S/c20-17-13-14-18(21)19(17)15-11-9-7-5-3-1-2-4-6-8-10-12-16-22/h13-14H,1-12,15-16H2. The van der Waals surface area contributed by atoms with Gasteiger partial charge in [0, 0.05) is 24.4 Å². The van der Waals surface area contributed by atoms with Crippen LogP contribution in [0, 0.1) is 0 Å². The van der Waals surface area contributed by atoms with Gasteiger partial charge in [-0.1, -0.05) is 76.8 Å². The molecule has 0 aromatic heterocycles. The van der Waals surface area contributed by atoms with Crippen LogP contribution in [0.15, 0.2) is 12.2 Å². The minimum atomic E-state index is -0.155. The van der Waals surface area contributed by atoms with Gasteiger partial charge in [-0.25, -0.2) is 0 Å². The highest BCUT2D eigenvalue weighted by Gasteiger charge is 2.21. The van der Waals surface area contributed by atoms with Crippen molar-refractivity contribution in [1.82, 2.24) is 4.90 Å². The van der Waals surface area contributed by atoms with Gasteiger partial charge in [-0.05, 0) is 12.8 Å². The third-order valence-corrected chi connectivity index (χ3v) is 4.47. The maximum atomic E-state index is 11.3. The number of carbonyl (C=O) groups is 2. The minimum absolute atomic E-state index is 0.155. The van der Waals surface area contributed by atoms with Crippen LogP contribution in [0.3, 0.4) is 0 Å². The smallest absolute Gasteiger partial charge is 0.253 e. The second-order valence-corrected chi connectivity index (χ2v) is 6.52. The Hall–Kier alpha value is -0.770. The summed E-state index contributed by atoms with van der Waals surface area (Å²) < 4.78 is 0. The first-order valence-corrected chi connectivity index (χ1v) is 9.45. The van der Waals surface area contributed by atoms with Crippen molar-refractivity contribution in [3.8, 4) is 0 Å². The second-order valence-electron chi connectivity index (χ2n) is 6.11. The summed E-state index contributed by atoms with van der Waals surface area (Å²) in [4.78, 5) is 24.0. The predicted octanol–water partition coefficient (Wildman–Crippen LogP) is 4.79. The Bertz CT molecular complexity index is 337. The normalized spacial score (nSPS) is 14.3. The van der Waals surface area contributed by atoms with Crippen molar-refractivity contribution in [2.24, 2.45) is 0 Å². The fourth-order valence-corrected chi connectivity index (χ4v) is 3.00. The van der Waals surface area contributed by atoms with E-state index in [1.807, 2.05) is 0 Å². The maximum absolute atomic E-state index is 11.3. The molecule has 1 radical (unpaired) electrons. The van der Waals surface area contributed by atoms with Crippen LogP contribution in [0.1, 0.15) is 77.0 Å². The molecule has 125 valence electrons. The van der Waals surface area contributed by atoms with Crippen molar-refractivity contribution < 1.29 is 9.59 Å². The van der Waals surface area contributed by atoms with Gasteiger partial charge in [-0.3, -0.25) is 14.5 Å². The number of unbranched alkanes of at least 4 members (excludes halogenated alkanes) is 11. The van der Waals surface area contributed by atoms with E-state index in [2.05, 4.69) is 0 Å². The zero-order valence-electron chi connectivity index (χ0n) is 13.7. The molecule has 0 aromatic rings. The molecule has 0 spiro atoms. The molecule has 1 heterocycles. The average molecular weight is 325 g/mol. The van der Waals surface area contributed by atoms with Crippen LogP contribution >= 0.6 is 12.6 Å². The molecule has 1 aliphatic rings. The van der Waals surface area contributed by atoms with E-state index >= 15 is 0 Å². The predicted molar refractivity (Wildman–Crippen MR) is 93.7 cm³/mol. The van der Waals surface area contributed by atoms with Crippen molar-refractivity contribution in [3.05, 3.63) is 12.2 Å². The number of rotatable bonds is 14. The van der Waals surface area contributed by atoms with Gasteiger partial charge in [0.05, 0.1) is 0 Å². The molecule has 0 N–H and O–H groups in total. The van der Waals surface area contributed by atoms with Crippen LogP contribution in [-0.4, -0.2) is 29.0 Å². The van der Waals surface area contributed by atoms with Crippen molar-refractivity contribution >= 4 is 24.4 Å². The Balaban J connectivity index is 1.79. The minimum Gasteiger partial charge on any atom is -0.275 e. The highest BCUT2D eigenvalue weighted by atomic mass is 32.1. The molecule has 3 nitrogen and oxygen atoms in total. The van der Waals surface area contributed by atoms with Gasteiger partial charge in [0.2, 0.25) is 0 Å². The van der Waals surface area contributed by atoms with Crippen molar-refractivity contribution in [1.29, 1.82) is 0 Å². The molecule has 0 unspecified atom stereocenters. The summed E-state index contributed by atoms with van der Waals surface area (Å²) in [5.41, 5.74) is 0. The quantitative estimate of drug-likeness (QED) is 0.340. The van der Waals surface area contributed by atoms with E-state index in [0.29, 0.717) is 6.54 Å². The van der Waals surface area contributed by atoms with Crippen LogP contribution < -0.4 is 0 Å². The zero-order chi connectivity index (χ0) is 16.0. The maximum Gasteiger partial charge on any atom is 0.253 e. The monoisotopic (exact) mass is 324 g/mol. The van der Waals surface area contributed by atoms with Crippen molar-refractivity contribution in [2.75, 3.05) is 12.3 Å². The number of hydrogen-bond acceptors (Lipinski definition) is 2. The number of carbonyl (C=O) groups excluding carboxylic acids is 2. The lowest BCUT2D eigenvalue weighted by molar-refractivity contribution is -0.136. The van der Waals surface area contributed by atoms with E-state index in [1.165, 1.54) is 81.3 Å². The SMILES string of the molecule is O=C1C=CC(=O)N1CCCCCCCCCCCCCC[S]. The molecule has 0 saturated heterocycles. The number of nitrogens with zero attached hydrogens (tertiary/aromatic N) is 1. The number of amides is 2. The lowest BCUT2D eigenvalue weighted by Crippen LogP contribution is -2.30. The molecule has 22 heavy (non-hydrogen) atoms. The summed E-state index contributed by atoms with van der Waals surface area (Å²) in [5.74, 6) is 0.603. The topological polar surface area (TPSA) is 37.4 Å². The van der Waals surface area contributed by atoms with E-state index in [1.54, 1.807) is 0 Å². The van der Waals surface area contributed by atoms with E-state index in [4.69, 9.17) is 12.6 Å². The molecule has 0 fully saturated rings. The molecule has 4 heteroatoms. The summed E-state index contributed by atoms with van der Waals surface area (Å²) in [7, 11) is 0. The van der Waals surface area contributed by atoms with Crippen molar-refractivity contribution in [2.45, 2.75) is 77.0 Å². The second kappa shape index (κ2) is 12.7. The summed E-state index contributed by atoms with van der Waals surface area (Å²) in [6, 6.07) is 0. The summed E-state index contributed by atoms with van der Waals surface area (Å²) in [5, 5.41) is 0. The van der Waals surface area contributed by atoms with Gasteiger partial charge < -0.3 is 0 Å². The fraction of sp³-hybridized carbons (Fsp3) is 0.778. The molecule has 0 aliphatic carbocycles. The van der Waals surface area contributed by atoms with Gasteiger partial charge in [0.1, 0.15) is 0 Å². The summed E-state index contributed by atoms with van der Waals surface area (Å²) in [6.45, 7) is 0.578. The van der Waals surface area contributed by atoms with Gasteiger partial charge in [0.15, 0.2) is 0 Å². The van der Waals surface area contributed by atoms with Crippen LogP contribution in [-0.2, 0) is 9.59 Å². The van der Waals surface area contributed by atoms with Gasteiger partial charge in [0.25, 0.3) is 11.8 Å². The Morgan fingerprint density at radius 2 is 1.00 bits per heavy atom. The van der Waals surface area contributed by atoms with Crippen molar-refractivity contribution in [3.63, 3.8) is 0 Å². The van der Waals surface area contributed by atoms with E-state index in [-0.39, 0.29) is 11.8 Å². The first kappa shape index (κ1) is 19.3. The lowest BCUT2D eigenvalue weighted by Gasteiger charge is -2.12. The number of imide groups is 1. The van der Waals surface area contributed by atoms with E-state index < -0.39 is 0 Å². The number of hydrogen-bond donors (Lipinski definition) is 0. The Kier molecular flexibility index (Phi) is 11.2. The highest BCUT2D eigenvalue weighted by Crippen LogP contribution is 2.13. The zero-order valence-corrected chi connectivity index (χ0v) is 14.5. The molecule has 0 bridgehead atoms. The average Bonchev–Trinajstić information content (AvgIpc) is 2.83. The summed E-state index contributed by atoms with van der Waals surface area (Å²) >= 11 is 4.93. The van der Waals surface area contributed by atoms with Crippen LogP contribution in [0.25, 0.3) is 0 Å². The lowest BCUT2D eigenvalue weighted by atomic mass is 10.1. The molecule has 0 aromatic carbocycles.